The number of rotatable bonds is 6. The highest BCUT2D eigenvalue weighted by atomic mass is 16.5. The molecule has 2 aliphatic rings. The Balaban J connectivity index is 1.84. The molecule has 2 amide bonds. The molecule has 6 heteroatoms. The van der Waals surface area contributed by atoms with E-state index in [2.05, 4.69) is 0 Å². The van der Waals surface area contributed by atoms with Crippen molar-refractivity contribution >= 4 is 23.1 Å². The highest BCUT2D eigenvalue weighted by Gasteiger charge is 2.44. The van der Waals surface area contributed by atoms with Crippen LogP contribution in [0.1, 0.15) is 36.5 Å². The first-order valence-corrected chi connectivity index (χ1v) is 11.2. The number of hydrogen-bond donors (Lipinski definition) is 1. The predicted molar refractivity (Wildman–Crippen MR) is 124 cm³/mol. The Morgan fingerprint density at radius 2 is 1.84 bits per heavy atom. The van der Waals surface area contributed by atoms with Gasteiger partial charge in [0.2, 0.25) is 0 Å². The van der Waals surface area contributed by atoms with Crippen molar-refractivity contribution in [3.05, 3.63) is 64.9 Å². The zero-order valence-electron chi connectivity index (χ0n) is 18.9. The fourth-order valence-corrected chi connectivity index (χ4v) is 4.52. The number of aliphatic hydroxyl groups is 1. The van der Waals surface area contributed by atoms with Crippen LogP contribution in [0.4, 0.5) is 5.69 Å². The van der Waals surface area contributed by atoms with Gasteiger partial charge in [-0.3, -0.25) is 9.59 Å². The van der Waals surface area contributed by atoms with Gasteiger partial charge in [-0.05, 0) is 68.4 Å². The molecule has 6 nitrogen and oxygen atoms in total. The number of amides is 2. The number of piperidine rings is 1. The van der Waals surface area contributed by atoms with Gasteiger partial charge in [0.1, 0.15) is 11.4 Å². The fourth-order valence-electron chi connectivity index (χ4n) is 4.52. The van der Waals surface area contributed by atoms with Crippen molar-refractivity contribution in [2.24, 2.45) is 5.92 Å². The minimum Gasteiger partial charge on any atom is -0.492 e. The van der Waals surface area contributed by atoms with Crippen LogP contribution in [-0.2, 0) is 9.59 Å². The number of carbonyl (C=O) groups is 2. The Hall–Kier alpha value is -3.12. The highest BCUT2D eigenvalue weighted by molar-refractivity contribution is 6.45. The summed E-state index contributed by atoms with van der Waals surface area (Å²) in [7, 11) is 0. The van der Waals surface area contributed by atoms with Gasteiger partial charge in [0.25, 0.3) is 11.8 Å². The van der Waals surface area contributed by atoms with Gasteiger partial charge in [-0.15, -0.1) is 0 Å². The van der Waals surface area contributed by atoms with Gasteiger partial charge in [0, 0.05) is 19.7 Å². The quantitative estimate of drug-likeness (QED) is 0.703. The third-order valence-electron chi connectivity index (χ3n) is 6.35. The molecule has 32 heavy (non-hydrogen) atoms. The maximum absolute atomic E-state index is 13.8. The van der Waals surface area contributed by atoms with Gasteiger partial charge < -0.3 is 14.7 Å². The Kier molecular flexibility index (Phi) is 6.33. The van der Waals surface area contributed by atoms with Crippen LogP contribution >= 0.6 is 0 Å². The standard InChI is InChI=1S/C26H30N2O4/c1-4-32-22-10-6-5-9-21(22)28-25(30)23(20-12-11-17(2)18(3)14-20)24(26(28)31)27-13-7-8-19(15-27)16-29/h5-6,9-12,14,19,29H,4,7-8,13,15-16H2,1-3H3. The lowest BCUT2D eigenvalue weighted by molar-refractivity contribution is -0.120. The summed E-state index contributed by atoms with van der Waals surface area (Å²) in [5, 5.41) is 9.72. The third-order valence-corrected chi connectivity index (χ3v) is 6.35. The van der Waals surface area contributed by atoms with Gasteiger partial charge >= 0.3 is 0 Å². The number of nitrogens with zero attached hydrogens (tertiary/aromatic N) is 2. The van der Waals surface area contributed by atoms with E-state index in [1.165, 1.54) is 4.90 Å². The average molecular weight is 435 g/mol. The Morgan fingerprint density at radius 1 is 1.06 bits per heavy atom. The number of benzene rings is 2. The summed E-state index contributed by atoms with van der Waals surface area (Å²) in [5.74, 6) is -0.0883. The lowest BCUT2D eigenvalue weighted by Gasteiger charge is -2.34. The molecular weight excluding hydrogens is 404 g/mol. The van der Waals surface area contributed by atoms with Gasteiger partial charge in [0.05, 0.1) is 17.9 Å². The number of likely N-dealkylation sites (tertiary alicyclic amines) is 1. The number of carbonyl (C=O) groups excluding carboxylic acids is 2. The van der Waals surface area contributed by atoms with Crippen LogP contribution in [0.3, 0.4) is 0 Å². The second kappa shape index (κ2) is 9.17. The van der Waals surface area contributed by atoms with Crippen LogP contribution in [0, 0.1) is 19.8 Å². The Bertz CT molecular complexity index is 1080. The summed E-state index contributed by atoms with van der Waals surface area (Å²) >= 11 is 0. The van der Waals surface area contributed by atoms with Crippen molar-refractivity contribution in [2.45, 2.75) is 33.6 Å². The maximum Gasteiger partial charge on any atom is 0.282 e. The third kappa shape index (κ3) is 3.91. The number of imide groups is 1. The first-order valence-electron chi connectivity index (χ1n) is 11.2. The van der Waals surface area contributed by atoms with Gasteiger partial charge in [0.15, 0.2) is 0 Å². The van der Waals surface area contributed by atoms with Gasteiger partial charge in [-0.2, -0.15) is 0 Å². The van der Waals surface area contributed by atoms with E-state index in [0.29, 0.717) is 42.4 Å². The molecule has 1 unspecified atom stereocenters. The number of hydrogen-bond acceptors (Lipinski definition) is 5. The minimum atomic E-state index is -0.341. The molecule has 0 spiro atoms. The van der Waals surface area contributed by atoms with E-state index in [1.807, 2.05) is 49.9 Å². The van der Waals surface area contributed by atoms with Crippen molar-refractivity contribution in [1.29, 1.82) is 0 Å². The van der Waals surface area contributed by atoms with Crippen LogP contribution in [0.15, 0.2) is 48.2 Å². The van der Waals surface area contributed by atoms with E-state index in [0.717, 1.165) is 29.5 Å². The molecule has 4 rings (SSSR count). The van der Waals surface area contributed by atoms with Crippen LogP contribution in [0.2, 0.25) is 0 Å². The van der Waals surface area contributed by atoms with E-state index in [4.69, 9.17) is 4.74 Å². The molecule has 1 saturated heterocycles. The summed E-state index contributed by atoms with van der Waals surface area (Å²) in [6.45, 7) is 7.64. The number of aliphatic hydroxyl groups excluding tert-OH is 1. The van der Waals surface area contributed by atoms with Gasteiger partial charge in [-0.25, -0.2) is 4.90 Å². The van der Waals surface area contributed by atoms with Crippen LogP contribution in [-0.4, -0.2) is 48.1 Å². The number of anilines is 1. The van der Waals surface area contributed by atoms with Gasteiger partial charge in [-0.1, -0.05) is 30.3 Å². The summed E-state index contributed by atoms with van der Waals surface area (Å²) < 4.78 is 5.73. The normalized spacial score (nSPS) is 19.2. The molecule has 2 aromatic carbocycles. The molecule has 1 atom stereocenters. The smallest absolute Gasteiger partial charge is 0.282 e. The molecule has 2 aromatic rings. The molecule has 1 fully saturated rings. The fraction of sp³-hybridized carbons (Fsp3) is 0.385. The lowest BCUT2D eigenvalue weighted by Crippen LogP contribution is -2.40. The zero-order valence-corrected chi connectivity index (χ0v) is 18.9. The SMILES string of the molecule is CCOc1ccccc1N1C(=O)C(c2ccc(C)c(C)c2)=C(N2CCCC(CO)C2)C1=O. The van der Waals surface area contributed by atoms with E-state index < -0.39 is 0 Å². The zero-order chi connectivity index (χ0) is 22.8. The predicted octanol–water partition coefficient (Wildman–Crippen LogP) is 3.69. The summed E-state index contributed by atoms with van der Waals surface area (Å²) in [5.41, 5.74) is 4.23. The van der Waals surface area contributed by atoms with Crippen molar-refractivity contribution in [2.75, 3.05) is 31.2 Å². The van der Waals surface area contributed by atoms with Crippen molar-refractivity contribution < 1.29 is 19.4 Å². The minimum absolute atomic E-state index is 0.0712. The van der Waals surface area contributed by atoms with E-state index >= 15 is 0 Å². The number of aryl methyl sites for hydroxylation is 2. The molecule has 2 aliphatic heterocycles. The molecule has 0 bridgehead atoms. The van der Waals surface area contributed by atoms with E-state index in [9.17, 15) is 14.7 Å². The maximum atomic E-state index is 13.8. The van der Waals surface area contributed by atoms with Crippen molar-refractivity contribution in [1.82, 2.24) is 4.90 Å². The molecule has 168 valence electrons. The second-order valence-corrected chi connectivity index (χ2v) is 8.51. The largest absolute Gasteiger partial charge is 0.492 e. The van der Waals surface area contributed by atoms with Crippen LogP contribution in [0.25, 0.3) is 5.57 Å². The average Bonchev–Trinajstić information content (AvgIpc) is 3.06. The van der Waals surface area contributed by atoms with Crippen LogP contribution in [0.5, 0.6) is 5.75 Å². The first-order chi connectivity index (χ1) is 15.5. The molecule has 1 N–H and O–H groups in total. The Labute approximate surface area is 189 Å². The molecule has 0 radical (unpaired) electrons. The number of ether oxygens (including phenoxy) is 1. The number of para-hydroxylation sites is 2. The molecule has 0 saturated carbocycles. The monoisotopic (exact) mass is 434 g/mol. The molecule has 2 heterocycles. The van der Waals surface area contributed by atoms with E-state index in [-0.39, 0.29) is 24.3 Å². The highest BCUT2D eigenvalue weighted by Crippen LogP contribution is 2.40. The second-order valence-electron chi connectivity index (χ2n) is 8.51. The van der Waals surface area contributed by atoms with E-state index in [1.54, 1.807) is 18.2 Å². The summed E-state index contributed by atoms with van der Waals surface area (Å²) in [4.78, 5) is 30.8. The van der Waals surface area contributed by atoms with Crippen LogP contribution < -0.4 is 9.64 Å². The van der Waals surface area contributed by atoms with Crippen molar-refractivity contribution in [3.63, 3.8) is 0 Å². The summed E-state index contributed by atoms with van der Waals surface area (Å²) in [6, 6.07) is 13.0. The lowest BCUT2D eigenvalue weighted by atomic mass is 9.96. The topological polar surface area (TPSA) is 70.1 Å². The first kappa shape index (κ1) is 22.1. The summed E-state index contributed by atoms with van der Waals surface area (Å²) in [6.07, 6.45) is 1.78. The Morgan fingerprint density at radius 3 is 2.56 bits per heavy atom. The van der Waals surface area contributed by atoms with Crippen molar-refractivity contribution in [3.8, 4) is 5.75 Å². The molecular formula is C26H30N2O4. The molecule has 0 aliphatic carbocycles. The molecule has 0 aromatic heterocycles.